The highest BCUT2D eigenvalue weighted by Gasteiger charge is 2.11. The van der Waals surface area contributed by atoms with Gasteiger partial charge in [0.2, 0.25) is 5.91 Å². The molecule has 0 aromatic carbocycles. The van der Waals surface area contributed by atoms with E-state index < -0.39 is 6.10 Å². The van der Waals surface area contributed by atoms with Crippen molar-refractivity contribution in [3.63, 3.8) is 0 Å². The number of pyridine rings is 1. The van der Waals surface area contributed by atoms with Crippen LogP contribution in [0.3, 0.4) is 0 Å². The summed E-state index contributed by atoms with van der Waals surface area (Å²) in [5, 5.41) is 2.81. The van der Waals surface area contributed by atoms with Gasteiger partial charge >= 0.3 is 0 Å². The van der Waals surface area contributed by atoms with Crippen LogP contribution in [0.2, 0.25) is 0 Å². The van der Waals surface area contributed by atoms with Gasteiger partial charge in [-0.25, -0.2) is 4.98 Å². The van der Waals surface area contributed by atoms with Crippen molar-refractivity contribution in [3.05, 3.63) is 23.9 Å². The van der Waals surface area contributed by atoms with Gasteiger partial charge in [0.1, 0.15) is 11.9 Å². The Labute approximate surface area is 108 Å². The van der Waals surface area contributed by atoms with E-state index in [-0.39, 0.29) is 5.91 Å². The van der Waals surface area contributed by atoms with Gasteiger partial charge in [-0.2, -0.15) is 0 Å². The highest BCUT2D eigenvalue weighted by atomic mass is 16.5. The van der Waals surface area contributed by atoms with Gasteiger partial charge in [-0.3, -0.25) is 4.79 Å². The maximum atomic E-state index is 11.6. The molecular formula is C13H21N3O2. The number of hydrogen-bond donors (Lipinski definition) is 1. The lowest BCUT2D eigenvalue weighted by Crippen LogP contribution is -2.34. The summed E-state index contributed by atoms with van der Waals surface area (Å²) >= 11 is 0. The zero-order valence-electron chi connectivity index (χ0n) is 11.4. The van der Waals surface area contributed by atoms with E-state index >= 15 is 0 Å². The zero-order valence-corrected chi connectivity index (χ0v) is 11.4. The number of carbonyl (C=O) groups is 1. The van der Waals surface area contributed by atoms with Gasteiger partial charge in [0, 0.05) is 33.4 Å². The predicted octanol–water partition coefficient (Wildman–Crippen LogP) is 1.19. The van der Waals surface area contributed by atoms with Gasteiger partial charge in [-0.05, 0) is 25.5 Å². The quantitative estimate of drug-likeness (QED) is 0.825. The minimum atomic E-state index is -0.413. The summed E-state index contributed by atoms with van der Waals surface area (Å²) in [4.78, 5) is 17.8. The van der Waals surface area contributed by atoms with Crippen LogP contribution in [0.4, 0.5) is 5.82 Å². The Kier molecular flexibility index (Phi) is 5.58. The first-order valence-corrected chi connectivity index (χ1v) is 6.06. The van der Waals surface area contributed by atoms with Crippen LogP contribution in [0.25, 0.3) is 0 Å². The van der Waals surface area contributed by atoms with Crippen molar-refractivity contribution in [2.24, 2.45) is 0 Å². The third-order valence-electron chi connectivity index (χ3n) is 2.52. The Hall–Kier alpha value is -1.62. The van der Waals surface area contributed by atoms with Crippen LogP contribution >= 0.6 is 0 Å². The molecule has 0 bridgehead atoms. The monoisotopic (exact) mass is 251 g/mol. The smallest absolute Gasteiger partial charge is 0.249 e. The van der Waals surface area contributed by atoms with E-state index in [0.717, 1.165) is 11.4 Å². The van der Waals surface area contributed by atoms with Gasteiger partial charge in [0.05, 0.1) is 0 Å². The van der Waals surface area contributed by atoms with Gasteiger partial charge in [0.15, 0.2) is 0 Å². The number of amides is 1. The SMILES string of the molecule is CCOC(C)C(=O)NCc1ccc(N(C)C)nc1. The molecule has 1 aromatic rings. The van der Waals surface area contributed by atoms with Crippen LogP contribution in [-0.2, 0) is 16.1 Å². The van der Waals surface area contributed by atoms with Crippen LogP contribution in [0.5, 0.6) is 0 Å². The fraction of sp³-hybridized carbons (Fsp3) is 0.538. The summed E-state index contributed by atoms with van der Waals surface area (Å²) < 4.78 is 5.21. The Morgan fingerprint density at radius 1 is 1.50 bits per heavy atom. The Morgan fingerprint density at radius 2 is 2.22 bits per heavy atom. The van der Waals surface area contributed by atoms with Crippen molar-refractivity contribution in [3.8, 4) is 0 Å². The molecule has 0 radical (unpaired) electrons. The minimum Gasteiger partial charge on any atom is -0.369 e. The van der Waals surface area contributed by atoms with Crippen LogP contribution in [0, 0.1) is 0 Å². The largest absolute Gasteiger partial charge is 0.369 e. The normalized spacial score (nSPS) is 12.0. The number of hydrogen-bond acceptors (Lipinski definition) is 4. The average molecular weight is 251 g/mol. The number of anilines is 1. The topological polar surface area (TPSA) is 54.5 Å². The third-order valence-corrected chi connectivity index (χ3v) is 2.52. The van der Waals surface area contributed by atoms with Crippen molar-refractivity contribution in [2.45, 2.75) is 26.5 Å². The summed E-state index contributed by atoms with van der Waals surface area (Å²) in [5.74, 6) is 0.793. The van der Waals surface area contributed by atoms with E-state index in [0.29, 0.717) is 13.2 Å². The van der Waals surface area contributed by atoms with E-state index in [1.54, 1.807) is 13.1 Å². The number of ether oxygens (including phenoxy) is 1. The van der Waals surface area contributed by atoms with Crippen molar-refractivity contribution in [1.82, 2.24) is 10.3 Å². The molecule has 18 heavy (non-hydrogen) atoms. The standard InChI is InChI=1S/C13H21N3O2/c1-5-18-10(2)13(17)15-9-11-6-7-12(14-8-11)16(3)4/h6-8,10H,5,9H2,1-4H3,(H,15,17). The lowest BCUT2D eigenvalue weighted by atomic mass is 10.2. The van der Waals surface area contributed by atoms with Gasteiger partial charge < -0.3 is 15.0 Å². The molecule has 1 aromatic heterocycles. The second-order valence-corrected chi connectivity index (χ2v) is 4.23. The molecule has 1 rings (SSSR count). The van der Waals surface area contributed by atoms with Gasteiger partial charge in [-0.1, -0.05) is 6.07 Å². The molecule has 0 spiro atoms. The Bertz CT molecular complexity index is 376. The first-order valence-electron chi connectivity index (χ1n) is 6.06. The van der Waals surface area contributed by atoms with Crippen molar-refractivity contribution >= 4 is 11.7 Å². The third kappa shape index (κ3) is 4.33. The van der Waals surface area contributed by atoms with E-state index in [1.807, 2.05) is 38.1 Å². The number of rotatable bonds is 6. The predicted molar refractivity (Wildman–Crippen MR) is 71.5 cm³/mol. The van der Waals surface area contributed by atoms with Crippen LogP contribution in [-0.4, -0.2) is 37.7 Å². The molecule has 1 N–H and O–H groups in total. The molecule has 0 fully saturated rings. The fourth-order valence-electron chi connectivity index (χ4n) is 1.44. The van der Waals surface area contributed by atoms with E-state index in [9.17, 15) is 4.79 Å². The first-order chi connectivity index (χ1) is 8.54. The van der Waals surface area contributed by atoms with E-state index in [2.05, 4.69) is 10.3 Å². The molecular weight excluding hydrogens is 230 g/mol. The van der Waals surface area contributed by atoms with E-state index in [4.69, 9.17) is 4.74 Å². The van der Waals surface area contributed by atoms with Gasteiger partial charge in [-0.15, -0.1) is 0 Å². The van der Waals surface area contributed by atoms with Crippen molar-refractivity contribution in [1.29, 1.82) is 0 Å². The number of nitrogens with one attached hydrogen (secondary N) is 1. The molecule has 0 saturated carbocycles. The lowest BCUT2D eigenvalue weighted by molar-refractivity contribution is -0.131. The molecule has 0 aliphatic heterocycles. The number of aromatic nitrogens is 1. The Balaban J connectivity index is 2.46. The fourth-order valence-corrected chi connectivity index (χ4v) is 1.44. The molecule has 5 heteroatoms. The molecule has 0 aliphatic carbocycles. The second-order valence-electron chi connectivity index (χ2n) is 4.23. The van der Waals surface area contributed by atoms with Crippen LogP contribution < -0.4 is 10.2 Å². The van der Waals surface area contributed by atoms with Crippen molar-refractivity contribution < 1.29 is 9.53 Å². The molecule has 1 atom stereocenters. The number of nitrogens with zero attached hydrogens (tertiary/aromatic N) is 2. The van der Waals surface area contributed by atoms with Gasteiger partial charge in [0.25, 0.3) is 0 Å². The van der Waals surface area contributed by atoms with Crippen molar-refractivity contribution in [2.75, 3.05) is 25.6 Å². The highest BCUT2D eigenvalue weighted by molar-refractivity contribution is 5.80. The summed E-state index contributed by atoms with van der Waals surface area (Å²) in [6.07, 6.45) is 1.35. The van der Waals surface area contributed by atoms with E-state index in [1.165, 1.54) is 0 Å². The maximum absolute atomic E-state index is 11.6. The second kappa shape index (κ2) is 6.96. The average Bonchev–Trinajstić information content (AvgIpc) is 2.36. The molecule has 5 nitrogen and oxygen atoms in total. The zero-order chi connectivity index (χ0) is 13.5. The molecule has 1 amide bonds. The maximum Gasteiger partial charge on any atom is 0.249 e. The summed E-state index contributed by atoms with van der Waals surface area (Å²) in [6.45, 7) is 4.62. The molecule has 100 valence electrons. The summed E-state index contributed by atoms with van der Waals surface area (Å²) in [7, 11) is 3.88. The number of carbonyl (C=O) groups excluding carboxylic acids is 1. The first kappa shape index (κ1) is 14.4. The minimum absolute atomic E-state index is 0.103. The lowest BCUT2D eigenvalue weighted by Gasteiger charge is -2.13. The Morgan fingerprint density at radius 3 is 2.72 bits per heavy atom. The van der Waals surface area contributed by atoms with Crippen LogP contribution in [0.1, 0.15) is 19.4 Å². The summed E-state index contributed by atoms with van der Waals surface area (Å²) in [6, 6.07) is 3.88. The molecule has 0 saturated heterocycles. The van der Waals surface area contributed by atoms with Crippen LogP contribution in [0.15, 0.2) is 18.3 Å². The molecule has 1 heterocycles. The highest BCUT2D eigenvalue weighted by Crippen LogP contribution is 2.07. The molecule has 0 aliphatic rings. The molecule has 1 unspecified atom stereocenters. The summed E-state index contributed by atoms with van der Waals surface area (Å²) in [5.41, 5.74) is 0.970.